The van der Waals surface area contributed by atoms with Crippen LogP contribution in [0.1, 0.15) is 34.1 Å². The molecule has 1 unspecified atom stereocenters. The lowest BCUT2D eigenvalue weighted by Gasteiger charge is -2.24. The summed E-state index contributed by atoms with van der Waals surface area (Å²) < 4.78 is 28.2. The van der Waals surface area contributed by atoms with Gasteiger partial charge < -0.3 is 5.32 Å². The van der Waals surface area contributed by atoms with Crippen molar-refractivity contribution in [2.45, 2.75) is 51.6 Å². The van der Waals surface area contributed by atoms with Crippen LogP contribution in [0.5, 0.6) is 0 Å². The molecule has 21 heavy (non-hydrogen) atoms. The lowest BCUT2D eigenvalue weighted by Crippen LogP contribution is -2.35. The van der Waals surface area contributed by atoms with Crippen LogP contribution in [0, 0.1) is 5.92 Å². The van der Waals surface area contributed by atoms with Gasteiger partial charge in [-0.25, -0.2) is 8.42 Å². The molecule has 0 aliphatic heterocycles. The van der Waals surface area contributed by atoms with Crippen molar-refractivity contribution in [1.82, 2.24) is 19.4 Å². The lowest BCUT2D eigenvalue weighted by atomic mass is 10.1. The molecule has 0 aliphatic carbocycles. The molecule has 0 fully saturated rings. The van der Waals surface area contributed by atoms with E-state index in [4.69, 9.17) is 0 Å². The molecular formula is C14H28N4O2S. The first-order chi connectivity index (χ1) is 9.78. The maximum atomic E-state index is 12.6. The SMILES string of the molecule is CCNCCn1cc(S(=O)(=O)N(C)C(C)CC(C)C)cn1. The predicted molar refractivity (Wildman–Crippen MR) is 84.6 cm³/mol. The minimum Gasteiger partial charge on any atom is -0.315 e. The second-order valence-electron chi connectivity index (χ2n) is 5.79. The topological polar surface area (TPSA) is 67.2 Å². The highest BCUT2D eigenvalue weighted by molar-refractivity contribution is 7.89. The number of nitrogens with one attached hydrogen (secondary N) is 1. The molecule has 1 aromatic rings. The zero-order valence-electron chi connectivity index (χ0n) is 13.7. The number of hydrogen-bond donors (Lipinski definition) is 1. The quantitative estimate of drug-likeness (QED) is 0.702. The van der Waals surface area contributed by atoms with Gasteiger partial charge in [0, 0.05) is 25.8 Å². The van der Waals surface area contributed by atoms with Gasteiger partial charge in [0.25, 0.3) is 0 Å². The molecule has 1 N–H and O–H groups in total. The molecule has 0 aromatic carbocycles. The van der Waals surface area contributed by atoms with Crippen molar-refractivity contribution in [2.75, 3.05) is 20.1 Å². The molecule has 7 heteroatoms. The standard InChI is InChI=1S/C14H28N4O2S/c1-6-15-7-8-18-11-14(10-16-18)21(19,20)17(5)13(4)9-12(2)3/h10-13,15H,6-9H2,1-5H3. The third-order valence-corrected chi connectivity index (χ3v) is 5.41. The largest absolute Gasteiger partial charge is 0.315 e. The van der Waals surface area contributed by atoms with Crippen molar-refractivity contribution in [1.29, 1.82) is 0 Å². The number of nitrogens with zero attached hydrogens (tertiary/aromatic N) is 3. The van der Waals surface area contributed by atoms with Gasteiger partial charge in [0.1, 0.15) is 4.90 Å². The molecule has 0 radical (unpaired) electrons. The molecule has 1 aromatic heterocycles. The normalized spacial score (nSPS) is 14.0. The Morgan fingerprint density at radius 1 is 1.38 bits per heavy atom. The van der Waals surface area contributed by atoms with Crippen LogP contribution in [0.2, 0.25) is 0 Å². The van der Waals surface area contributed by atoms with E-state index in [9.17, 15) is 8.42 Å². The van der Waals surface area contributed by atoms with Crippen LogP contribution >= 0.6 is 0 Å². The van der Waals surface area contributed by atoms with Crippen LogP contribution in [-0.2, 0) is 16.6 Å². The lowest BCUT2D eigenvalue weighted by molar-refractivity contribution is 0.338. The van der Waals surface area contributed by atoms with Crippen molar-refractivity contribution in [3.63, 3.8) is 0 Å². The van der Waals surface area contributed by atoms with Crippen LogP contribution in [0.4, 0.5) is 0 Å². The third kappa shape index (κ3) is 5.09. The van der Waals surface area contributed by atoms with Gasteiger partial charge in [0.05, 0.1) is 12.7 Å². The summed E-state index contributed by atoms with van der Waals surface area (Å²) in [5.74, 6) is 0.459. The zero-order valence-corrected chi connectivity index (χ0v) is 14.5. The summed E-state index contributed by atoms with van der Waals surface area (Å²) in [6.07, 6.45) is 3.87. The second-order valence-corrected chi connectivity index (χ2v) is 7.79. The summed E-state index contributed by atoms with van der Waals surface area (Å²) in [7, 11) is -1.83. The summed E-state index contributed by atoms with van der Waals surface area (Å²) >= 11 is 0. The first-order valence-corrected chi connectivity index (χ1v) is 8.94. The average Bonchev–Trinajstić information content (AvgIpc) is 2.86. The molecular weight excluding hydrogens is 288 g/mol. The summed E-state index contributed by atoms with van der Waals surface area (Å²) in [5, 5.41) is 7.31. The van der Waals surface area contributed by atoms with Gasteiger partial charge in [-0.1, -0.05) is 20.8 Å². The number of likely N-dealkylation sites (N-methyl/N-ethyl adjacent to an activating group) is 1. The molecule has 0 aliphatic rings. The Hall–Kier alpha value is -0.920. The Bertz CT molecular complexity index is 525. The monoisotopic (exact) mass is 316 g/mol. The predicted octanol–water partition coefficient (Wildman–Crippen LogP) is 1.55. The van der Waals surface area contributed by atoms with Crippen LogP contribution in [0.15, 0.2) is 17.3 Å². The van der Waals surface area contributed by atoms with E-state index in [1.54, 1.807) is 17.9 Å². The zero-order chi connectivity index (χ0) is 16.0. The summed E-state index contributed by atoms with van der Waals surface area (Å²) in [6, 6.07) is -0.0277. The Labute approximate surface area is 128 Å². The fourth-order valence-corrected chi connectivity index (χ4v) is 3.53. The number of sulfonamides is 1. The molecule has 122 valence electrons. The fourth-order valence-electron chi connectivity index (χ4n) is 2.20. The van der Waals surface area contributed by atoms with Crippen molar-refractivity contribution >= 4 is 10.0 Å². The van der Waals surface area contributed by atoms with E-state index in [1.807, 2.05) is 13.8 Å². The van der Waals surface area contributed by atoms with Crippen LogP contribution < -0.4 is 5.32 Å². The summed E-state index contributed by atoms with van der Waals surface area (Å²) in [4.78, 5) is 0.261. The van der Waals surface area contributed by atoms with E-state index in [0.29, 0.717) is 12.5 Å². The van der Waals surface area contributed by atoms with Gasteiger partial charge in [-0.3, -0.25) is 4.68 Å². The summed E-state index contributed by atoms with van der Waals surface area (Å²) in [6.45, 7) is 10.5. The maximum Gasteiger partial charge on any atom is 0.246 e. The van der Waals surface area contributed by atoms with Crippen LogP contribution in [0.25, 0.3) is 0 Å². The molecule has 0 amide bonds. The van der Waals surface area contributed by atoms with E-state index >= 15 is 0 Å². The highest BCUT2D eigenvalue weighted by atomic mass is 32.2. The Morgan fingerprint density at radius 2 is 2.05 bits per heavy atom. The van der Waals surface area contributed by atoms with Crippen molar-refractivity contribution in [3.05, 3.63) is 12.4 Å². The number of aromatic nitrogens is 2. The highest BCUT2D eigenvalue weighted by Gasteiger charge is 2.27. The second kappa shape index (κ2) is 7.91. The minimum atomic E-state index is -3.46. The highest BCUT2D eigenvalue weighted by Crippen LogP contribution is 2.19. The first-order valence-electron chi connectivity index (χ1n) is 7.50. The van der Waals surface area contributed by atoms with Gasteiger partial charge in [0.2, 0.25) is 10.0 Å². The minimum absolute atomic E-state index is 0.0277. The molecule has 0 bridgehead atoms. The number of hydrogen-bond acceptors (Lipinski definition) is 4. The van der Waals surface area contributed by atoms with Gasteiger partial charge in [-0.05, 0) is 25.8 Å². The number of rotatable bonds is 9. The van der Waals surface area contributed by atoms with E-state index in [1.165, 1.54) is 10.5 Å². The van der Waals surface area contributed by atoms with Gasteiger partial charge in [-0.15, -0.1) is 0 Å². The van der Waals surface area contributed by atoms with Gasteiger partial charge in [-0.2, -0.15) is 9.40 Å². The molecule has 0 spiro atoms. The van der Waals surface area contributed by atoms with Crippen molar-refractivity contribution in [2.24, 2.45) is 5.92 Å². The average molecular weight is 316 g/mol. The van der Waals surface area contributed by atoms with Gasteiger partial charge in [0.15, 0.2) is 0 Å². The molecule has 0 saturated heterocycles. The molecule has 6 nitrogen and oxygen atoms in total. The van der Waals surface area contributed by atoms with Crippen LogP contribution in [-0.4, -0.2) is 48.7 Å². The van der Waals surface area contributed by atoms with E-state index in [-0.39, 0.29) is 10.9 Å². The molecule has 0 saturated carbocycles. The van der Waals surface area contributed by atoms with Crippen molar-refractivity contribution in [3.8, 4) is 0 Å². The molecule has 1 rings (SSSR count). The van der Waals surface area contributed by atoms with E-state index in [2.05, 4.69) is 24.3 Å². The first kappa shape index (κ1) is 18.1. The fraction of sp³-hybridized carbons (Fsp3) is 0.786. The Morgan fingerprint density at radius 3 is 2.62 bits per heavy atom. The molecule has 1 heterocycles. The maximum absolute atomic E-state index is 12.6. The van der Waals surface area contributed by atoms with Gasteiger partial charge >= 0.3 is 0 Å². The van der Waals surface area contributed by atoms with Crippen molar-refractivity contribution < 1.29 is 8.42 Å². The smallest absolute Gasteiger partial charge is 0.246 e. The molecule has 1 atom stereocenters. The Kier molecular flexibility index (Phi) is 6.83. The van der Waals surface area contributed by atoms with E-state index in [0.717, 1.165) is 19.5 Å². The Balaban J connectivity index is 2.78. The third-order valence-electron chi connectivity index (χ3n) is 3.49. The van der Waals surface area contributed by atoms with Crippen LogP contribution in [0.3, 0.4) is 0 Å². The van der Waals surface area contributed by atoms with E-state index < -0.39 is 10.0 Å². The summed E-state index contributed by atoms with van der Waals surface area (Å²) in [5.41, 5.74) is 0.